The van der Waals surface area contributed by atoms with Gasteiger partial charge in [-0.15, -0.1) is 11.8 Å². The zero-order valence-corrected chi connectivity index (χ0v) is 17.0. The van der Waals surface area contributed by atoms with Crippen LogP contribution in [0.15, 0.2) is 59.5 Å². The van der Waals surface area contributed by atoms with Crippen molar-refractivity contribution in [2.75, 3.05) is 29.3 Å². The lowest BCUT2D eigenvalue weighted by atomic mass is 10.2. The number of esters is 1. The Hall–Kier alpha value is -2.32. The Balaban J connectivity index is 1.71. The minimum Gasteiger partial charge on any atom is -0.452 e. The quantitative estimate of drug-likeness (QED) is 0.529. The lowest BCUT2D eigenvalue weighted by molar-refractivity contribution is -0.122. The van der Waals surface area contributed by atoms with Crippen molar-refractivity contribution in [3.8, 4) is 0 Å². The highest BCUT2D eigenvalue weighted by Crippen LogP contribution is 2.24. The molecule has 0 saturated carbocycles. The van der Waals surface area contributed by atoms with E-state index in [9.17, 15) is 18.0 Å². The van der Waals surface area contributed by atoms with Crippen molar-refractivity contribution in [1.82, 2.24) is 0 Å². The monoisotopic (exact) mass is 419 g/mol. The lowest BCUT2D eigenvalue weighted by Crippen LogP contribution is -2.43. The smallest absolute Gasteiger partial charge is 0.338 e. The van der Waals surface area contributed by atoms with Crippen molar-refractivity contribution < 1.29 is 22.7 Å². The van der Waals surface area contributed by atoms with Crippen molar-refractivity contribution in [2.45, 2.75) is 17.4 Å². The third-order valence-electron chi connectivity index (χ3n) is 4.53. The summed E-state index contributed by atoms with van der Waals surface area (Å²) in [7, 11) is -3.17. The molecule has 1 fully saturated rings. The van der Waals surface area contributed by atoms with Crippen LogP contribution in [0.4, 0.5) is 5.69 Å². The molecular weight excluding hydrogens is 398 g/mol. The number of carbonyl (C=O) groups excluding carboxylic acids is 2. The molecule has 6 nitrogen and oxygen atoms in total. The molecule has 0 radical (unpaired) electrons. The van der Waals surface area contributed by atoms with Crippen molar-refractivity contribution in [3.05, 3.63) is 60.2 Å². The van der Waals surface area contributed by atoms with Crippen LogP contribution in [0.25, 0.3) is 0 Å². The standard InChI is InChI=1S/C20H21NO5S2/c1-27-18-9-7-15(8-10-18)20(23)26-13-19(22)21(16-5-3-2-4-6-16)17-11-12-28(24,25)14-17/h2-10,17H,11-14H2,1H3/t17-/m1/s1. The number of benzene rings is 2. The largest absolute Gasteiger partial charge is 0.452 e. The van der Waals surface area contributed by atoms with Gasteiger partial charge in [0.2, 0.25) is 0 Å². The van der Waals surface area contributed by atoms with Gasteiger partial charge in [0.1, 0.15) is 0 Å². The normalized spacial score (nSPS) is 17.8. The number of amides is 1. The molecule has 0 spiro atoms. The maximum absolute atomic E-state index is 12.8. The molecule has 2 aromatic rings. The first-order chi connectivity index (χ1) is 13.4. The Morgan fingerprint density at radius 3 is 2.36 bits per heavy atom. The third-order valence-corrected chi connectivity index (χ3v) is 7.02. The number of ether oxygens (including phenoxy) is 1. The van der Waals surface area contributed by atoms with E-state index in [-0.39, 0.29) is 11.5 Å². The summed E-state index contributed by atoms with van der Waals surface area (Å²) in [6, 6.07) is 15.3. The molecular formula is C20H21NO5S2. The van der Waals surface area contributed by atoms with Gasteiger partial charge in [0.05, 0.1) is 23.1 Å². The number of nitrogens with zero attached hydrogens (tertiary/aromatic N) is 1. The molecule has 1 atom stereocenters. The second kappa shape index (κ2) is 8.79. The average molecular weight is 420 g/mol. The van der Waals surface area contributed by atoms with Gasteiger partial charge in [-0.3, -0.25) is 4.79 Å². The van der Waals surface area contributed by atoms with Gasteiger partial charge in [-0.1, -0.05) is 18.2 Å². The maximum atomic E-state index is 12.8. The molecule has 1 heterocycles. The number of carbonyl (C=O) groups is 2. The summed E-state index contributed by atoms with van der Waals surface area (Å²) in [5.74, 6) is -1.07. The second-order valence-electron chi connectivity index (χ2n) is 6.46. The Labute approximate surface area is 168 Å². The predicted octanol–water partition coefficient (Wildman–Crippen LogP) is 2.79. The van der Waals surface area contributed by atoms with Crippen LogP contribution in [0.3, 0.4) is 0 Å². The summed E-state index contributed by atoms with van der Waals surface area (Å²) in [5, 5.41) is 0. The Morgan fingerprint density at radius 1 is 1.11 bits per heavy atom. The highest BCUT2D eigenvalue weighted by Gasteiger charge is 2.35. The first-order valence-corrected chi connectivity index (χ1v) is 11.8. The van der Waals surface area contributed by atoms with E-state index in [2.05, 4.69) is 0 Å². The first kappa shape index (κ1) is 20.4. The van der Waals surface area contributed by atoms with Crippen molar-refractivity contribution in [1.29, 1.82) is 0 Å². The number of sulfone groups is 1. The molecule has 1 aliphatic rings. The predicted molar refractivity (Wildman–Crippen MR) is 109 cm³/mol. The van der Waals surface area contributed by atoms with Gasteiger partial charge < -0.3 is 9.64 Å². The van der Waals surface area contributed by atoms with Crippen molar-refractivity contribution >= 4 is 39.2 Å². The lowest BCUT2D eigenvalue weighted by Gasteiger charge is -2.28. The summed E-state index contributed by atoms with van der Waals surface area (Å²) < 4.78 is 28.9. The van der Waals surface area contributed by atoms with E-state index in [0.29, 0.717) is 17.7 Å². The van der Waals surface area contributed by atoms with Crippen LogP contribution in [0.5, 0.6) is 0 Å². The molecule has 8 heteroatoms. The van der Waals surface area contributed by atoms with E-state index in [1.807, 2.05) is 24.5 Å². The summed E-state index contributed by atoms with van der Waals surface area (Å²) in [6.07, 6.45) is 2.31. The summed E-state index contributed by atoms with van der Waals surface area (Å²) in [5.41, 5.74) is 0.954. The summed E-state index contributed by atoms with van der Waals surface area (Å²) in [4.78, 5) is 27.5. The van der Waals surface area contributed by atoms with E-state index < -0.39 is 34.4 Å². The van der Waals surface area contributed by atoms with Crippen molar-refractivity contribution in [2.24, 2.45) is 0 Å². The highest BCUT2D eigenvalue weighted by molar-refractivity contribution is 7.98. The molecule has 0 aromatic heterocycles. The fourth-order valence-corrected chi connectivity index (χ4v) is 5.24. The van der Waals surface area contributed by atoms with E-state index in [1.54, 1.807) is 48.2 Å². The summed E-state index contributed by atoms with van der Waals surface area (Å²) in [6.45, 7) is -0.450. The highest BCUT2D eigenvalue weighted by atomic mass is 32.2. The van der Waals surface area contributed by atoms with E-state index >= 15 is 0 Å². The van der Waals surface area contributed by atoms with Gasteiger partial charge in [0.25, 0.3) is 5.91 Å². The SMILES string of the molecule is CSc1ccc(C(=O)OCC(=O)N(c2ccccc2)[C@@H]2CCS(=O)(=O)C2)cc1. The minimum absolute atomic E-state index is 0.0514. The van der Waals surface area contributed by atoms with Gasteiger partial charge in [-0.25, -0.2) is 13.2 Å². The van der Waals surface area contributed by atoms with E-state index in [0.717, 1.165) is 4.90 Å². The molecule has 148 valence electrons. The zero-order chi connectivity index (χ0) is 20.1. The molecule has 1 aliphatic heterocycles. The molecule has 0 N–H and O–H groups in total. The van der Waals surface area contributed by atoms with Gasteiger partial charge in [-0.2, -0.15) is 0 Å². The molecule has 0 bridgehead atoms. The van der Waals surface area contributed by atoms with Crippen LogP contribution in [0, 0.1) is 0 Å². The van der Waals surface area contributed by atoms with Crippen LogP contribution < -0.4 is 4.90 Å². The number of para-hydroxylation sites is 1. The van der Waals surface area contributed by atoms with Crippen molar-refractivity contribution in [3.63, 3.8) is 0 Å². The third kappa shape index (κ3) is 4.94. The van der Waals surface area contributed by atoms with Crippen LogP contribution in [-0.2, 0) is 19.4 Å². The Morgan fingerprint density at radius 2 is 1.79 bits per heavy atom. The number of thioether (sulfide) groups is 1. The van der Waals surface area contributed by atoms with Crippen LogP contribution in [0.2, 0.25) is 0 Å². The molecule has 28 heavy (non-hydrogen) atoms. The van der Waals surface area contributed by atoms with Crippen LogP contribution in [0.1, 0.15) is 16.8 Å². The van der Waals surface area contributed by atoms with Gasteiger partial charge in [0, 0.05) is 10.6 Å². The second-order valence-corrected chi connectivity index (χ2v) is 9.57. The van der Waals surface area contributed by atoms with Crippen LogP contribution in [-0.4, -0.2) is 50.7 Å². The molecule has 3 rings (SSSR count). The van der Waals surface area contributed by atoms with Crippen LogP contribution >= 0.6 is 11.8 Å². The molecule has 1 amide bonds. The van der Waals surface area contributed by atoms with E-state index in [4.69, 9.17) is 4.74 Å². The number of rotatable bonds is 6. The number of anilines is 1. The summed E-state index contributed by atoms with van der Waals surface area (Å²) >= 11 is 1.56. The maximum Gasteiger partial charge on any atom is 0.338 e. The average Bonchev–Trinajstić information content (AvgIpc) is 3.06. The Kier molecular flexibility index (Phi) is 6.41. The van der Waals surface area contributed by atoms with E-state index in [1.165, 1.54) is 4.90 Å². The van der Waals surface area contributed by atoms with Gasteiger partial charge in [0.15, 0.2) is 16.4 Å². The molecule has 0 aliphatic carbocycles. The topological polar surface area (TPSA) is 80.8 Å². The zero-order valence-electron chi connectivity index (χ0n) is 15.4. The van der Waals surface area contributed by atoms with Gasteiger partial charge >= 0.3 is 5.97 Å². The molecule has 0 unspecified atom stereocenters. The first-order valence-electron chi connectivity index (χ1n) is 8.78. The van der Waals surface area contributed by atoms with Gasteiger partial charge in [-0.05, 0) is 49.1 Å². The fourth-order valence-electron chi connectivity index (χ4n) is 3.13. The molecule has 2 aromatic carbocycles. The number of hydrogen-bond donors (Lipinski definition) is 0. The molecule has 1 saturated heterocycles. The fraction of sp³-hybridized carbons (Fsp3) is 0.300. The number of hydrogen-bond acceptors (Lipinski definition) is 6. The minimum atomic E-state index is -3.17. The Bertz CT molecular complexity index is 942.